The van der Waals surface area contributed by atoms with Gasteiger partial charge >= 0.3 is 0 Å². The van der Waals surface area contributed by atoms with Gasteiger partial charge in [-0.05, 0) is 43.0 Å². The maximum absolute atomic E-state index is 13.6. The number of Topliss-reactive ketones (excluding diaryl/α,β-unsaturated/α-hetero) is 1. The zero-order chi connectivity index (χ0) is 21.4. The molecule has 0 amide bonds. The van der Waals surface area contributed by atoms with Gasteiger partial charge in [0.25, 0.3) is 0 Å². The van der Waals surface area contributed by atoms with Crippen LogP contribution in [0.5, 0.6) is 5.75 Å². The lowest BCUT2D eigenvalue weighted by atomic mass is 9.78. The van der Waals surface area contributed by atoms with Crippen molar-refractivity contribution in [1.82, 2.24) is 0 Å². The van der Waals surface area contributed by atoms with Crippen LogP contribution in [-0.2, 0) is 4.79 Å². The first kappa shape index (κ1) is 19.4. The summed E-state index contributed by atoms with van der Waals surface area (Å²) in [5.41, 5.74) is 7.19. The molecule has 0 spiro atoms. The lowest BCUT2D eigenvalue weighted by molar-refractivity contribution is -0.116. The maximum atomic E-state index is 13.6. The summed E-state index contributed by atoms with van der Waals surface area (Å²) >= 11 is 0. The van der Waals surface area contributed by atoms with Crippen molar-refractivity contribution >= 4 is 17.2 Å². The molecule has 156 valence electrons. The third-order valence-electron chi connectivity index (χ3n) is 6.31. The van der Waals surface area contributed by atoms with Gasteiger partial charge in [0.2, 0.25) is 0 Å². The fraction of sp³-hybridized carbons (Fsp3) is 0.222. The molecule has 1 aliphatic heterocycles. The zero-order valence-electron chi connectivity index (χ0n) is 17.8. The molecular formula is C27H26N2O2. The van der Waals surface area contributed by atoms with Crippen LogP contribution in [0, 0.1) is 6.92 Å². The monoisotopic (exact) mass is 410 g/mol. The molecule has 1 heterocycles. The Kier molecular flexibility index (Phi) is 4.99. The van der Waals surface area contributed by atoms with E-state index in [-0.39, 0.29) is 17.7 Å². The molecule has 0 saturated heterocycles. The van der Waals surface area contributed by atoms with Gasteiger partial charge in [0, 0.05) is 23.3 Å². The van der Waals surface area contributed by atoms with Crippen molar-refractivity contribution < 1.29 is 9.53 Å². The van der Waals surface area contributed by atoms with Gasteiger partial charge < -0.3 is 15.4 Å². The van der Waals surface area contributed by atoms with E-state index < -0.39 is 0 Å². The number of hydrogen-bond donors (Lipinski definition) is 2. The fourth-order valence-electron chi connectivity index (χ4n) is 4.70. The van der Waals surface area contributed by atoms with Crippen molar-refractivity contribution in [3.05, 3.63) is 101 Å². The minimum Gasteiger partial charge on any atom is -0.496 e. The second kappa shape index (κ2) is 7.95. The number of nitrogens with one attached hydrogen (secondary N) is 2. The molecule has 4 heteroatoms. The van der Waals surface area contributed by atoms with Gasteiger partial charge in [-0.25, -0.2) is 0 Å². The molecule has 2 atom stereocenters. The third-order valence-corrected chi connectivity index (χ3v) is 6.31. The van der Waals surface area contributed by atoms with E-state index in [0.29, 0.717) is 6.42 Å². The topological polar surface area (TPSA) is 50.4 Å². The highest BCUT2D eigenvalue weighted by Gasteiger charge is 2.36. The van der Waals surface area contributed by atoms with Gasteiger partial charge in [-0.2, -0.15) is 0 Å². The van der Waals surface area contributed by atoms with Crippen LogP contribution in [0.15, 0.2) is 84.1 Å². The molecule has 0 fully saturated rings. The van der Waals surface area contributed by atoms with E-state index in [1.807, 2.05) is 42.5 Å². The Labute approximate surface area is 183 Å². The fourth-order valence-corrected chi connectivity index (χ4v) is 4.70. The Bertz CT molecular complexity index is 1160. The highest BCUT2D eigenvalue weighted by molar-refractivity contribution is 6.01. The number of ketones is 1. The maximum Gasteiger partial charge on any atom is 0.163 e. The molecule has 31 heavy (non-hydrogen) atoms. The number of carbonyl (C=O) groups excluding carboxylic acids is 1. The van der Waals surface area contributed by atoms with E-state index >= 15 is 0 Å². The van der Waals surface area contributed by atoms with Crippen LogP contribution >= 0.6 is 0 Å². The normalized spacial score (nSPS) is 20.1. The summed E-state index contributed by atoms with van der Waals surface area (Å²) < 4.78 is 5.65. The van der Waals surface area contributed by atoms with Crippen LogP contribution in [0.25, 0.3) is 0 Å². The molecule has 0 saturated carbocycles. The second-order valence-electron chi connectivity index (χ2n) is 8.32. The second-order valence-corrected chi connectivity index (χ2v) is 8.32. The number of aryl methyl sites for hydroxylation is 1. The molecular weight excluding hydrogens is 384 g/mol. The number of hydrogen-bond acceptors (Lipinski definition) is 4. The van der Waals surface area contributed by atoms with Crippen LogP contribution in [0.2, 0.25) is 0 Å². The van der Waals surface area contributed by atoms with Crippen molar-refractivity contribution in [3.63, 3.8) is 0 Å². The largest absolute Gasteiger partial charge is 0.496 e. The summed E-state index contributed by atoms with van der Waals surface area (Å²) in [6.45, 7) is 2.09. The molecule has 3 aromatic rings. The summed E-state index contributed by atoms with van der Waals surface area (Å²) in [6.07, 6.45) is 1.30. The van der Waals surface area contributed by atoms with Crippen molar-refractivity contribution in [2.24, 2.45) is 0 Å². The molecule has 5 rings (SSSR count). The Morgan fingerprint density at radius 2 is 1.58 bits per heavy atom. The highest BCUT2D eigenvalue weighted by Crippen LogP contribution is 2.45. The number of ether oxygens (including phenoxy) is 1. The molecule has 3 aromatic carbocycles. The third kappa shape index (κ3) is 3.59. The molecule has 2 aliphatic rings. The minimum absolute atomic E-state index is 0.169. The van der Waals surface area contributed by atoms with Crippen molar-refractivity contribution in [2.75, 3.05) is 17.7 Å². The van der Waals surface area contributed by atoms with Crippen LogP contribution in [0.3, 0.4) is 0 Å². The van der Waals surface area contributed by atoms with Gasteiger partial charge in [-0.1, -0.05) is 60.2 Å². The SMILES string of the molecule is COc1ccccc1C1Nc2ccccc2NC2=C1C(=O)CC(c1ccc(C)cc1)C2. The molecule has 0 radical (unpaired) electrons. The van der Waals surface area contributed by atoms with Crippen LogP contribution in [-0.4, -0.2) is 12.9 Å². The number of rotatable bonds is 3. The van der Waals surface area contributed by atoms with Gasteiger partial charge in [-0.3, -0.25) is 4.79 Å². The van der Waals surface area contributed by atoms with Gasteiger partial charge in [0.1, 0.15) is 5.75 Å². The number of fused-ring (bicyclic) bond motifs is 1. The number of para-hydroxylation sites is 3. The predicted octanol–water partition coefficient (Wildman–Crippen LogP) is 5.98. The summed E-state index contributed by atoms with van der Waals surface area (Å²) in [5, 5.41) is 7.22. The van der Waals surface area contributed by atoms with Gasteiger partial charge in [-0.15, -0.1) is 0 Å². The van der Waals surface area contributed by atoms with Crippen molar-refractivity contribution in [1.29, 1.82) is 0 Å². The van der Waals surface area contributed by atoms with Crippen LogP contribution in [0.4, 0.5) is 11.4 Å². The summed E-state index contributed by atoms with van der Waals surface area (Å²) in [7, 11) is 1.67. The van der Waals surface area contributed by atoms with E-state index in [1.165, 1.54) is 11.1 Å². The number of benzene rings is 3. The Morgan fingerprint density at radius 1 is 0.871 bits per heavy atom. The smallest absolute Gasteiger partial charge is 0.163 e. The highest BCUT2D eigenvalue weighted by atomic mass is 16.5. The van der Waals surface area contributed by atoms with Crippen molar-refractivity contribution in [3.8, 4) is 5.75 Å². The zero-order valence-corrected chi connectivity index (χ0v) is 17.8. The molecule has 4 nitrogen and oxygen atoms in total. The van der Waals surface area contributed by atoms with Gasteiger partial charge in [0.05, 0.1) is 24.5 Å². The lowest BCUT2D eigenvalue weighted by Gasteiger charge is -2.30. The molecule has 0 aromatic heterocycles. The molecule has 1 aliphatic carbocycles. The van der Waals surface area contributed by atoms with E-state index in [1.54, 1.807) is 7.11 Å². The average Bonchev–Trinajstić information content (AvgIpc) is 2.96. The standard InChI is InChI=1S/C27H26N2O2/c1-17-11-13-18(14-12-17)19-15-23-26(24(30)16-19)27(20-7-3-6-10-25(20)31-2)29-22-9-5-4-8-21(22)28-23/h3-14,19,27-29H,15-16H2,1-2H3. The average molecular weight is 411 g/mol. The summed E-state index contributed by atoms with van der Waals surface area (Å²) in [5.74, 6) is 1.12. The molecule has 2 unspecified atom stereocenters. The Balaban J connectivity index is 1.62. The van der Waals surface area contributed by atoms with E-state index in [9.17, 15) is 4.79 Å². The first-order valence-electron chi connectivity index (χ1n) is 10.7. The molecule has 2 N–H and O–H groups in total. The molecule has 0 bridgehead atoms. The minimum atomic E-state index is -0.270. The van der Waals surface area contributed by atoms with E-state index in [0.717, 1.165) is 40.4 Å². The lowest BCUT2D eigenvalue weighted by Crippen LogP contribution is -2.27. The van der Waals surface area contributed by atoms with Crippen molar-refractivity contribution in [2.45, 2.75) is 31.7 Å². The Morgan fingerprint density at radius 3 is 2.35 bits per heavy atom. The van der Waals surface area contributed by atoms with E-state index in [4.69, 9.17) is 4.74 Å². The quantitative estimate of drug-likeness (QED) is 0.557. The number of carbonyl (C=O) groups is 1. The van der Waals surface area contributed by atoms with Gasteiger partial charge in [0.15, 0.2) is 5.78 Å². The number of methoxy groups -OCH3 is 1. The Hall–Kier alpha value is -3.53. The number of anilines is 2. The van der Waals surface area contributed by atoms with Crippen LogP contribution < -0.4 is 15.4 Å². The summed E-state index contributed by atoms with van der Waals surface area (Å²) in [4.78, 5) is 13.6. The number of allylic oxidation sites excluding steroid dienone is 1. The summed E-state index contributed by atoms with van der Waals surface area (Å²) in [6, 6.07) is 24.3. The predicted molar refractivity (Wildman–Crippen MR) is 125 cm³/mol. The first-order chi connectivity index (χ1) is 15.1. The van der Waals surface area contributed by atoms with E-state index in [2.05, 4.69) is 47.9 Å². The van der Waals surface area contributed by atoms with Crippen LogP contribution in [0.1, 0.15) is 41.5 Å². The first-order valence-corrected chi connectivity index (χ1v) is 10.7.